The van der Waals surface area contributed by atoms with Crippen molar-refractivity contribution in [2.75, 3.05) is 18.4 Å². The van der Waals surface area contributed by atoms with Gasteiger partial charge in [-0.25, -0.2) is 23.5 Å². The lowest BCUT2D eigenvalue weighted by atomic mass is 10.3. The van der Waals surface area contributed by atoms with Crippen LogP contribution in [0.3, 0.4) is 0 Å². The summed E-state index contributed by atoms with van der Waals surface area (Å²) in [4.78, 5) is 20.7. The summed E-state index contributed by atoms with van der Waals surface area (Å²) in [6.07, 6.45) is -6.49. The van der Waals surface area contributed by atoms with Crippen LogP contribution in [0.1, 0.15) is 12.6 Å². The maximum absolute atomic E-state index is 13.2. The van der Waals surface area contributed by atoms with Crippen molar-refractivity contribution in [3.8, 4) is 11.6 Å². The molecule has 158 valence electrons. The fourth-order valence-corrected chi connectivity index (χ4v) is 2.19. The lowest BCUT2D eigenvalue weighted by Crippen LogP contribution is -2.45. The zero-order valence-electron chi connectivity index (χ0n) is 15.3. The number of aromatic nitrogens is 2. The summed E-state index contributed by atoms with van der Waals surface area (Å²) in [5.41, 5.74) is 0.144. The Morgan fingerprint density at radius 1 is 1.28 bits per heavy atom. The van der Waals surface area contributed by atoms with Crippen molar-refractivity contribution in [2.24, 2.45) is 0 Å². The first-order valence-electron chi connectivity index (χ1n) is 8.28. The summed E-state index contributed by atoms with van der Waals surface area (Å²) in [6.45, 7) is 1.83. The number of hydrogen-bond donors (Lipinski definition) is 2. The molecule has 0 saturated carbocycles. The van der Waals surface area contributed by atoms with E-state index in [2.05, 4.69) is 15.3 Å². The SMILES string of the molecule is CCN(C[C@@H](O)C(F)(F)F)C(=O)Nc1cnc(Oc2cc(F)cc(F)c2)c(C)n1. The molecule has 1 aromatic heterocycles. The molecule has 29 heavy (non-hydrogen) atoms. The van der Waals surface area contributed by atoms with Gasteiger partial charge in [0.25, 0.3) is 0 Å². The van der Waals surface area contributed by atoms with Gasteiger partial charge in [-0.2, -0.15) is 13.2 Å². The molecule has 7 nitrogen and oxygen atoms in total. The Balaban J connectivity index is 2.08. The zero-order chi connectivity index (χ0) is 21.8. The second kappa shape index (κ2) is 8.99. The molecule has 0 radical (unpaired) electrons. The number of nitrogens with zero attached hydrogens (tertiary/aromatic N) is 3. The molecule has 2 N–H and O–H groups in total. The minimum atomic E-state index is -4.86. The molecule has 0 unspecified atom stereocenters. The van der Waals surface area contributed by atoms with Crippen molar-refractivity contribution < 1.29 is 36.6 Å². The number of carbonyl (C=O) groups excluding carboxylic acids is 1. The van der Waals surface area contributed by atoms with Crippen molar-refractivity contribution in [1.82, 2.24) is 14.9 Å². The van der Waals surface area contributed by atoms with E-state index in [1.165, 1.54) is 13.8 Å². The third-order valence-corrected chi connectivity index (χ3v) is 3.63. The molecule has 1 aromatic carbocycles. The maximum Gasteiger partial charge on any atom is 0.416 e. The molecule has 1 atom stereocenters. The maximum atomic E-state index is 13.2. The van der Waals surface area contributed by atoms with Crippen LogP contribution in [-0.2, 0) is 0 Å². The molecule has 2 rings (SSSR count). The Labute approximate surface area is 162 Å². The quantitative estimate of drug-likeness (QED) is 0.697. The Hall–Kier alpha value is -3.02. The normalized spacial score (nSPS) is 12.4. The number of hydrogen-bond acceptors (Lipinski definition) is 5. The minimum absolute atomic E-state index is 0.0900. The Morgan fingerprint density at radius 3 is 2.41 bits per heavy atom. The van der Waals surface area contributed by atoms with Crippen LogP contribution in [0.2, 0.25) is 0 Å². The zero-order valence-corrected chi connectivity index (χ0v) is 15.3. The number of anilines is 1. The van der Waals surface area contributed by atoms with Gasteiger partial charge in [0, 0.05) is 24.7 Å². The van der Waals surface area contributed by atoms with E-state index in [4.69, 9.17) is 9.84 Å². The summed E-state index contributed by atoms with van der Waals surface area (Å²) >= 11 is 0. The smallest absolute Gasteiger partial charge is 0.416 e. The second-order valence-electron chi connectivity index (χ2n) is 5.88. The van der Waals surface area contributed by atoms with Gasteiger partial charge < -0.3 is 14.7 Å². The number of urea groups is 1. The average Bonchev–Trinajstić information content (AvgIpc) is 2.60. The van der Waals surface area contributed by atoms with Crippen molar-refractivity contribution >= 4 is 11.8 Å². The van der Waals surface area contributed by atoms with Crippen LogP contribution in [0.5, 0.6) is 11.6 Å². The van der Waals surface area contributed by atoms with Gasteiger partial charge in [0.2, 0.25) is 5.88 Å². The number of alkyl halides is 3. The number of benzene rings is 1. The molecule has 0 aliphatic heterocycles. The van der Waals surface area contributed by atoms with Crippen LogP contribution in [0.4, 0.5) is 32.6 Å². The minimum Gasteiger partial charge on any atom is -0.437 e. The number of halogens is 5. The molecule has 1 heterocycles. The number of likely N-dealkylation sites (N-methyl/N-ethyl adjacent to an activating group) is 1. The fourth-order valence-electron chi connectivity index (χ4n) is 2.19. The van der Waals surface area contributed by atoms with Gasteiger partial charge in [-0.3, -0.25) is 5.32 Å². The van der Waals surface area contributed by atoms with Gasteiger partial charge >= 0.3 is 12.2 Å². The highest BCUT2D eigenvalue weighted by molar-refractivity contribution is 5.88. The first kappa shape index (κ1) is 22.3. The van der Waals surface area contributed by atoms with E-state index in [0.29, 0.717) is 6.07 Å². The number of ether oxygens (including phenoxy) is 1. The Kier molecular flexibility index (Phi) is 6.90. The van der Waals surface area contributed by atoms with Crippen LogP contribution in [0.15, 0.2) is 24.4 Å². The second-order valence-corrected chi connectivity index (χ2v) is 5.88. The average molecular weight is 420 g/mol. The van der Waals surface area contributed by atoms with Crippen LogP contribution in [0, 0.1) is 18.6 Å². The van der Waals surface area contributed by atoms with Crippen molar-refractivity contribution in [2.45, 2.75) is 26.1 Å². The molecule has 12 heteroatoms. The van der Waals surface area contributed by atoms with Gasteiger partial charge in [0.15, 0.2) is 11.9 Å². The van der Waals surface area contributed by atoms with Crippen molar-refractivity contribution in [3.05, 3.63) is 41.7 Å². The van der Waals surface area contributed by atoms with E-state index in [1.807, 2.05) is 0 Å². The molecule has 2 aromatic rings. The van der Waals surface area contributed by atoms with Crippen molar-refractivity contribution in [3.63, 3.8) is 0 Å². The highest BCUT2D eigenvalue weighted by Crippen LogP contribution is 2.24. The van der Waals surface area contributed by atoms with E-state index < -0.39 is 36.5 Å². The summed E-state index contributed by atoms with van der Waals surface area (Å²) in [5, 5.41) is 11.4. The number of carbonyl (C=O) groups is 1. The lowest BCUT2D eigenvalue weighted by Gasteiger charge is -2.25. The predicted octanol–water partition coefficient (Wildman–Crippen LogP) is 3.63. The van der Waals surface area contributed by atoms with Crippen LogP contribution in [0.25, 0.3) is 0 Å². The number of aliphatic hydroxyl groups excluding tert-OH is 1. The predicted molar refractivity (Wildman–Crippen MR) is 91.5 cm³/mol. The molecule has 2 amide bonds. The number of aliphatic hydroxyl groups is 1. The first-order chi connectivity index (χ1) is 13.5. The lowest BCUT2D eigenvalue weighted by molar-refractivity contribution is -0.206. The molecular weight excluding hydrogens is 403 g/mol. The van der Waals surface area contributed by atoms with Gasteiger partial charge in [-0.15, -0.1) is 0 Å². The number of rotatable bonds is 6. The standard InChI is InChI=1S/C17H17F5N4O3/c1-3-26(8-13(27)17(20,21)22)16(28)25-14-7-23-15(9(2)24-14)29-12-5-10(18)4-11(19)6-12/h4-7,13,27H,3,8H2,1-2H3,(H,24,25,28)/t13-/m1/s1. The van der Waals surface area contributed by atoms with E-state index in [0.717, 1.165) is 23.2 Å². The molecule has 0 fully saturated rings. The van der Waals surface area contributed by atoms with Crippen LogP contribution in [-0.4, -0.2) is 51.4 Å². The summed E-state index contributed by atoms with van der Waals surface area (Å²) in [7, 11) is 0. The summed E-state index contributed by atoms with van der Waals surface area (Å²) in [6, 6.07) is 1.61. The topological polar surface area (TPSA) is 87.6 Å². The molecule has 0 spiro atoms. The molecule has 0 saturated heterocycles. The highest BCUT2D eigenvalue weighted by atomic mass is 19.4. The fraction of sp³-hybridized carbons (Fsp3) is 0.353. The summed E-state index contributed by atoms with van der Waals surface area (Å²) < 4.78 is 69.1. The van der Waals surface area contributed by atoms with E-state index in [9.17, 15) is 26.7 Å². The Morgan fingerprint density at radius 2 is 1.90 bits per heavy atom. The number of aryl methyl sites for hydroxylation is 1. The molecule has 0 aliphatic rings. The summed E-state index contributed by atoms with van der Waals surface area (Å²) in [5.74, 6) is -2.04. The third-order valence-electron chi connectivity index (χ3n) is 3.63. The number of amides is 2. The molecule has 0 bridgehead atoms. The first-order valence-corrected chi connectivity index (χ1v) is 8.28. The van der Waals surface area contributed by atoms with Crippen molar-refractivity contribution in [1.29, 1.82) is 0 Å². The van der Waals surface area contributed by atoms with Crippen LogP contribution < -0.4 is 10.1 Å². The van der Waals surface area contributed by atoms with E-state index >= 15 is 0 Å². The molecular formula is C17H17F5N4O3. The Bertz CT molecular complexity index is 858. The van der Waals surface area contributed by atoms with E-state index in [1.54, 1.807) is 0 Å². The third kappa shape index (κ3) is 6.24. The highest BCUT2D eigenvalue weighted by Gasteiger charge is 2.39. The van der Waals surface area contributed by atoms with E-state index in [-0.39, 0.29) is 29.7 Å². The van der Waals surface area contributed by atoms with Crippen LogP contribution >= 0.6 is 0 Å². The van der Waals surface area contributed by atoms with Gasteiger partial charge in [0.1, 0.15) is 23.1 Å². The molecule has 0 aliphatic carbocycles. The number of nitrogens with one attached hydrogen (secondary N) is 1. The monoisotopic (exact) mass is 420 g/mol. The van der Waals surface area contributed by atoms with Gasteiger partial charge in [-0.05, 0) is 13.8 Å². The van der Waals surface area contributed by atoms with Gasteiger partial charge in [0.05, 0.1) is 12.7 Å². The van der Waals surface area contributed by atoms with Gasteiger partial charge in [-0.1, -0.05) is 0 Å². The largest absolute Gasteiger partial charge is 0.437 e.